The van der Waals surface area contributed by atoms with Crippen molar-refractivity contribution in [1.29, 1.82) is 0 Å². The number of hydrogen-bond donors (Lipinski definition) is 2. The highest BCUT2D eigenvalue weighted by molar-refractivity contribution is 7.96. The Balaban J connectivity index is 2.15. The lowest BCUT2D eigenvalue weighted by molar-refractivity contribution is -0.147. The Morgan fingerprint density at radius 3 is 2.08 bits per heavy atom. The Kier molecular flexibility index (Phi) is 4.85. The normalized spacial score (nSPS) is 11.7. The average molecular weight is 355 g/mol. The number of nitrogens with zero attached hydrogens (tertiary/aromatic N) is 1. The number of thiol groups is 1. The highest BCUT2D eigenvalue weighted by Gasteiger charge is 2.31. The number of aliphatic carboxylic acids is 1. The fourth-order valence-electron chi connectivity index (χ4n) is 2.33. The van der Waals surface area contributed by atoms with E-state index in [0.29, 0.717) is 11.5 Å². The molecule has 0 spiro atoms. The third-order valence-electron chi connectivity index (χ3n) is 3.39. The molecule has 7 heteroatoms. The standard InChI is InChI=1S/C18H13NO5S/c20-17(21)15(24-18(22)25)16-19-13(11-7-3-1-4-8-11)14(23-16)12-9-5-2-6-10-12/h1-10,15H,(H,20,21)(H,22,25). The van der Waals surface area contributed by atoms with Gasteiger partial charge in [-0.15, -0.1) is 0 Å². The number of aromatic nitrogens is 1. The largest absolute Gasteiger partial charge is 0.478 e. The Hall–Kier alpha value is -3.06. The maximum absolute atomic E-state index is 11.4. The van der Waals surface area contributed by atoms with Gasteiger partial charge >= 0.3 is 11.3 Å². The molecule has 0 saturated heterocycles. The molecule has 0 amide bonds. The van der Waals surface area contributed by atoms with Gasteiger partial charge in [-0.25, -0.2) is 14.6 Å². The second-order valence-corrected chi connectivity index (χ2v) is 5.43. The topological polar surface area (TPSA) is 89.6 Å². The molecule has 0 radical (unpaired) electrons. The van der Waals surface area contributed by atoms with Crippen molar-refractivity contribution in [3.8, 4) is 22.6 Å². The van der Waals surface area contributed by atoms with Gasteiger partial charge in [0.05, 0.1) is 0 Å². The predicted molar refractivity (Wildman–Crippen MR) is 93.2 cm³/mol. The van der Waals surface area contributed by atoms with Crippen LogP contribution in [0.5, 0.6) is 0 Å². The van der Waals surface area contributed by atoms with E-state index in [4.69, 9.17) is 9.15 Å². The second kappa shape index (κ2) is 7.23. The van der Waals surface area contributed by atoms with Crippen molar-refractivity contribution in [3.05, 3.63) is 66.6 Å². The number of ether oxygens (including phenoxy) is 1. The first-order valence-electron chi connectivity index (χ1n) is 7.30. The minimum atomic E-state index is -1.68. The molecule has 6 nitrogen and oxygen atoms in total. The molecule has 0 fully saturated rings. The van der Waals surface area contributed by atoms with E-state index in [2.05, 4.69) is 17.6 Å². The van der Waals surface area contributed by atoms with Crippen molar-refractivity contribution in [2.45, 2.75) is 6.10 Å². The van der Waals surface area contributed by atoms with Crippen LogP contribution in [0.1, 0.15) is 12.0 Å². The van der Waals surface area contributed by atoms with Crippen LogP contribution in [0, 0.1) is 0 Å². The third kappa shape index (κ3) is 3.72. The van der Waals surface area contributed by atoms with Crippen LogP contribution in [0.4, 0.5) is 4.79 Å². The van der Waals surface area contributed by atoms with Gasteiger partial charge in [-0.3, -0.25) is 0 Å². The first-order valence-corrected chi connectivity index (χ1v) is 7.75. The van der Waals surface area contributed by atoms with Crippen molar-refractivity contribution in [2.24, 2.45) is 0 Å². The summed E-state index contributed by atoms with van der Waals surface area (Å²) in [5.74, 6) is -1.24. The molecule has 3 rings (SSSR count). The number of hydrogen-bond acceptors (Lipinski definition) is 5. The average Bonchev–Trinajstić information content (AvgIpc) is 3.06. The monoisotopic (exact) mass is 355 g/mol. The summed E-state index contributed by atoms with van der Waals surface area (Å²) in [5.41, 5.74) is 1.93. The first-order chi connectivity index (χ1) is 12.1. The summed E-state index contributed by atoms with van der Waals surface area (Å²) in [5, 5.41) is 8.27. The molecule has 1 atom stereocenters. The Morgan fingerprint density at radius 1 is 1.00 bits per heavy atom. The van der Waals surface area contributed by atoms with Crippen LogP contribution in [-0.4, -0.2) is 21.4 Å². The summed E-state index contributed by atoms with van der Waals surface area (Å²) in [4.78, 5) is 26.8. The van der Waals surface area contributed by atoms with Crippen LogP contribution in [0.2, 0.25) is 0 Å². The number of oxazole rings is 1. The number of rotatable bonds is 5. The van der Waals surface area contributed by atoms with Crippen LogP contribution >= 0.6 is 12.6 Å². The van der Waals surface area contributed by atoms with Crippen molar-refractivity contribution in [3.63, 3.8) is 0 Å². The van der Waals surface area contributed by atoms with Crippen molar-refractivity contribution in [1.82, 2.24) is 4.98 Å². The summed E-state index contributed by atoms with van der Waals surface area (Å²) < 4.78 is 10.4. The van der Waals surface area contributed by atoms with E-state index in [1.165, 1.54) is 0 Å². The van der Waals surface area contributed by atoms with Gasteiger partial charge in [-0.2, -0.15) is 0 Å². The quantitative estimate of drug-likeness (QED) is 0.527. The summed E-state index contributed by atoms with van der Waals surface area (Å²) in [7, 11) is 0. The van der Waals surface area contributed by atoms with Crippen molar-refractivity contribution in [2.75, 3.05) is 0 Å². The summed E-state index contributed by atoms with van der Waals surface area (Å²) >= 11 is 3.46. The second-order valence-electron chi connectivity index (χ2n) is 5.06. The van der Waals surface area contributed by atoms with E-state index in [-0.39, 0.29) is 5.89 Å². The van der Waals surface area contributed by atoms with Crippen LogP contribution < -0.4 is 0 Å². The molecule has 0 aliphatic heterocycles. The zero-order valence-corrected chi connectivity index (χ0v) is 13.7. The van der Waals surface area contributed by atoms with E-state index in [0.717, 1.165) is 11.1 Å². The predicted octanol–water partition coefficient (Wildman–Crippen LogP) is 4.20. The maximum atomic E-state index is 11.4. The van der Waals surface area contributed by atoms with Crippen LogP contribution in [0.15, 0.2) is 65.1 Å². The van der Waals surface area contributed by atoms with Crippen molar-refractivity contribution < 1.29 is 23.8 Å². The van der Waals surface area contributed by atoms with Gasteiger partial charge in [0.1, 0.15) is 5.69 Å². The zero-order valence-electron chi connectivity index (χ0n) is 12.8. The van der Waals surface area contributed by atoms with Gasteiger partial charge in [0, 0.05) is 11.1 Å². The van der Waals surface area contributed by atoms with E-state index in [1.807, 2.05) is 60.7 Å². The third-order valence-corrected chi connectivity index (χ3v) is 3.50. The summed E-state index contributed by atoms with van der Waals surface area (Å²) in [6, 6.07) is 18.3. The molecular weight excluding hydrogens is 342 g/mol. The number of carbonyl (C=O) groups excluding carboxylic acids is 1. The van der Waals surface area contributed by atoms with Gasteiger partial charge < -0.3 is 14.3 Å². The number of carboxylic acids is 1. The lowest BCUT2D eigenvalue weighted by Gasteiger charge is -2.07. The fourth-order valence-corrected chi connectivity index (χ4v) is 2.44. The maximum Gasteiger partial charge on any atom is 0.365 e. The molecule has 1 aromatic heterocycles. The van der Waals surface area contributed by atoms with E-state index in [1.54, 1.807) is 0 Å². The highest BCUT2D eigenvalue weighted by atomic mass is 32.1. The molecule has 0 bridgehead atoms. The smallest absolute Gasteiger partial charge is 0.365 e. The SMILES string of the molecule is O=C(S)OC(C(=O)O)c1nc(-c2ccccc2)c(-c2ccccc2)o1. The number of carbonyl (C=O) groups is 2. The summed E-state index contributed by atoms with van der Waals surface area (Å²) in [6.45, 7) is 0. The molecular formula is C18H13NO5S. The molecule has 0 saturated carbocycles. The van der Waals surface area contributed by atoms with Crippen LogP contribution in [0.3, 0.4) is 0 Å². The highest BCUT2D eigenvalue weighted by Crippen LogP contribution is 2.35. The van der Waals surface area contributed by atoms with E-state index < -0.39 is 17.4 Å². The Morgan fingerprint density at radius 2 is 1.56 bits per heavy atom. The fraction of sp³-hybridized carbons (Fsp3) is 0.0556. The van der Waals surface area contributed by atoms with Crippen molar-refractivity contribution >= 4 is 23.9 Å². The van der Waals surface area contributed by atoms with Gasteiger partial charge in [-0.1, -0.05) is 73.3 Å². The zero-order chi connectivity index (χ0) is 17.8. The molecule has 2 aromatic carbocycles. The Bertz CT molecular complexity index is 835. The van der Waals surface area contributed by atoms with Gasteiger partial charge in [0.25, 0.3) is 6.10 Å². The minimum absolute atomic E-state index is 0.229. The molecule has 0 aliphatic carbocycles. The molecule has 1 unspecified atom stereocenters. The lowest BCUT2D eigenvalue weighted by atomic mass is 10.1. The Labute approximate surface area is 148 Å². The summed E-state index contributed by atoms with van der Waals surface area (Å²) in [6.07, 6.45) is -1.68. The van der Waals surface area contributed by atoms with Gasteiger partial charge in [0.2, 0.25) is 5.89 Å². The molecule has 1 heterocycles. The molecule has 126 valence electrons. The van der Waals surface area contributed by atoms with Gasteiger partial charge in [-0.05, 0) is 0 Å². The number of benzene rings is 2. The molecule has 25 heavy (non-hydrogen) atoms. The van der Waals surface area contributed by atoms with E-state index >= 15 is 0 Å². The van der Waals surface area contributed by atoms with Crippen LogP contribution in [0.25, 0.3) is 22.6 Å². The van der Waals surface area contributed by atoms with E-state index in [9.17, 15) is 14.7 Å². The van der Waals surface area contributed by atoms with Crippen LogP contribution in [-0.2, 0) is 9.53 Å². The molecule has 3 aromatic rings. The molecule has 1 N–H and O–H groups in total. The number of carboxylic acid groups (broad SMARTS) is 1. The first kappa shape index (κ1) is 16.8. The van der Waals surface area contributed by atoms with Gasteiger partial charge in [0.15, 0.2) is 5.76 Å². The minimum Gasteiger partial charge on any atom is -0.478 e. The lowest BCUT2D eigenvalue weighted by Crippen LogP contribution is -2.16. The molecule has 0 aliphatic rings.